The van der Waals surface area contributed by atoms with Gasteiger partial charge in [-0.2, -0.15) is 0 Å². The fraction of sp³-hybridized carbons (Fsp3) is 0.500. The van der Waals surface area contributed by atoms with E-state index in [9.17, 15) is 4.79 Å². The second-order valence-electron chi connectivity index (χ2n) is 4.13. The van der Waals surface area contributed by atoms with Gasteiger partial charge in [-0.3, -0.25) is 4.79 Å². The van der Waals surface area contributed by atoms with Gasteiger partial charge in [-0.05, 0) is 12.0 Å². The van der Waals surface area contributed by atoms with Gasteiger partial charge >= 0.3 is 0 Å². The van der Waals surface area contributed by atoms with Crippen molar-refractivity contribution < 1.29 is 14.3 Å². The van der Waals surface area contributed by atoms with Crippen molar-refractivity contribution in [2.75, 3.05) is 20.3 Å². The molecule has 1 rings (SSSR count). The quantitative estimate of drug-likeness (QED) is 0.695. The molecule has 1 aromatic carbocycles. The van der Waals surface area contributed by atoms with Gasteiger partial charge in [-0.15, -0.1) is 0 Å². The average Bonchev–Trinajstić information content (AvgIpc) is 2.37. The van der Waals surface area contributed by atoms with Crippen LogP contribution in [0.5, 0.6) is 0 Å². The Hall–Kier alpha value is -1.19. The lowest BCUT2D eigenvalue weighted by molar-refractivity contribution is -0.127. The first kappa shape index (κ1) is 13.9. The van der Waals surface area contributed by atoms with Gasteiger partial charge in [0.15, 0.2) is 5.78 Å². The summed E-state index contributed by atoms with van der Waals surface area (Å²) in [4.78, 5) is 11.7. The first-order valence-electron chi connectivity index (χ1n) is 5.87. The van der Waals surface area contributed by atoms with Crippen molar-refractivity contribution in [1.82, 2.24) is 0 Å². The van der Waals surface area contributed by atoms with Crippen LogP contribution < -0.4 is 0 Å². The molecule has 0 aromatic heterocycles. The van der Waals surface area contributed by atoms with Crippen molar-refractivity contribution in [2.45, 2.75) is 20.0 Å². The lowest BCUT2D eigenvalue weighted by Crippen LogP contribution is -2.18. The fourth-order valence-electron chi connectivity index (χ4n) is 1.44. The van der Waals surface area contributed by atoms with Gasteiger partial charge in [-0.25, -0.2) is 0 Å². The molecule has 3 nitrogen and oxygen atoms in total. The molecule has 0 heterocycles. The number of Topliss-reactive ketones (excluding diaryl/α,β-unsaturated/α-hetero) is 1. The molecule has 0 aliphatic carbocycles. The topological polar surface area (TPSA) is 35.5 Å². The number of hydrogen-bond acceptors (Lipinski definition) is 3. The molecular formula is C14H20O3. The van der Waals surface area contributed by atoms with Crippen molar-refractivity contribution in [1.29, 1.82) is 0 Å². The summed E-state index contributed by atoms with van der Waals surface area (Å²) in [7, 11) is 1.64. The van der Waals surface area contributed by atoms with Crippen molar-refractivity contribution in [3.05, 3.63) is 35.9 Å². The van der Waals surface area contributed by atoms with Crippen LogP contribution >= 0.6 is 0 Å². The molecule has 3 heteroatoms. The Kier molecular flexibility index (Phi) is 6.51. The summed E-state index contributed by atoms with van der Waals surface area (Å²) >= 11 is 0. The molecule has 0 radical (unpaired) electrons. The molecule has 0 bridgehead atoms. The zero-order valence-corrected chi connectivity index (χ0v) is 10.5. The maximum absolute atomic E-state index is 11.7. The molecular weight excluding hydrogens is 216 g/mol. The van der Waals surface area contributed by atoms with Crippen LogP contribution in [0.4, 0.5) is 0 Å². The Morgan fingerprint density at radius 3 is 2.65 bits per heavy atom. The summed E-state index contributed by atoms with van der Waals surface area (Å²) in [5, 5.41) is 0. The number of carbonyl (C=O) groups is 1. The Labute approximate surface area is 103 Å². The van der Waals surface area contributed by atoms with Crippen LogP contribution in [0.1, 0.15) is 18.9 Å². The summed E-state index contributed by atoms with van der Waals surface area (Å²) in [6.07, 6.45) is 0.754. The molecule has 0 aliphatic rings. The number of ether oxygens (including phenoxy) is 2. The van der Waals surface area contributed by atoms with E-state index < -0.39 is 0 Å². The third-order valence-electron chi connectivity index (χ3n) is 2.66. The molecule has 0 fully saturated rings. The van der Waals surface area contributed by atoms with Crippen LogP contribution in [-0.2, 0) is 20.9 Å². The number of ketones is 1. The van der Waals surface area contributed by atoms with E-state index in [0.29, 0.717) is 13.2 Å². The number of rotatable bonds is 8. The van der Waals surface area contributed by atoms with Crippen LogP contribution in [0.25, 0.3) is 0 Å². The first-order valence-corrected chi connectivity index (χ1v) is 5.87. The van der Waals surface area contributed by atoms with E-state index in [1.165, 1.54) is 0 Å². The molecule has 0 aliphatic heterocycles. The van der Waals surface area contributed by atoms with Gasteiger partial charge in [0.25, 0.3) is 0 Å². The molecule has 1 atom stereocenters. The summed E-state index contributed by atoms with van der Waals surface area (Å²) < 4.78 is 10.3. The van der Waals surface area contributed by atoms with Crippen LogP contribution in [0.2, 0.25) is 0 Å². The van der Waals surface area contributed by atoms with Crippen LogP contribution in [-0.4, -0.2) is 26.1 Å². The van der Waals surface area contributed by atoms with Gasteiger partial charge in [0.2, 0.25) is 0 Å². The highest BCUT2D eigenvalue weighted by Gasteiger charge is 2.12. The first-order chi connectivity index (χ1) is 8.24. The molecule has 94 valence electrons. The maximum atomic E-state index is 11.7. The summed E-state index contributed by atoms with van der Waals surface area (Å²) in [6.45, 7) is 3.20. The molecule has 1 aromatic rings. The minimum Gasteiger partial charge on any atom is -0.385 e. The second kappa shape index (κ2) is 7.98. The van der Waals surface area contributed by atoms with Gasteiger partial charge < -0.3 is 9.47 Å². The zero-order valence-electron chi connectivity index (χ0n) is 10.5. The number of methoxy groups -OCH3 is 1. The van der Waals surface area contributed by atoms with Gasteiger partial charge in [0.1, 0.15) is 6.61 Å². The smallest absolute Gasteiger partial charge is 0.161 e. The van der Waals surface area contributed by atoms with E-state index >= 15 is 0 Å². The van der Waals surface area contributed by atoms with Gasteiger partial charge in [-0.1, -0.05) is 37.3 Å². The Balaban J connectivity index is 2.20. The Morgan fingerprint density at radius 2 is 2.00 bits per heavy atom. The minimum absolute atomic E-state index is 0.00530. The third-order valence-corrected chi connectivity index (χ3v) is 2.66. The summed E-state index contributed by atoms with van der Waals surface area (Å²) in [6, 6.07) is 9.85. The van der Waals surface area contributed by atoms with E-state index in [1.807, 2.05) is 37.3 Å². The third kappa shape index (κ3) is 5.61. The average molecular weight is 236 g/mol. The number of hydrogen-bond donors (Lipinski definition) is 0. The largest absolute Gasteiger partial charge is 0.385 e. The molecule has 0 saturated heterocycles. The van der Waals surface area contributed by atoms with Crippen LogP contribution in [0.15, 0.2) is 30.3 Å². The van der Waals surface area contributed by atoms with Crippen molar-refractivity contribution >= 4 is 5.78 Å². The molecule has 0 spiro atoms. The van der Waals surface area contributed by atoms with E-state index in [0.717, 1.165) is 12.0 Å². The standard InChI is InChI=1S/C14H20O3/c1-12(8-9-16-2)14(15)11-17-10-13-6-4-3-5-7-13/h3-7,12H,8-11H2,1-2H3. The van der Waals surface area contributed by atoms with Gasteiger partial charge in [0, 0.05) is 19.6 Å². The normalized spacial score (nSPS) is 12.4. The summed E-state index contributed by atoms with van der Waals surface area (Å²) in [5.41, 5.74) is 1.09. The second-order valence-corrected chi connectivity index (χ2v) is 4.13. The van der Waals surface area contributed by atoms with E-state index in [4.69, 9.17) is 9.47 Å². The summed E-state index contributed by atoms with van der Waals surface area (Å²) in [5.74, 6) is 0.142. The highest BCUT2D eigenvalue weighted by atomic mass is 16.5. The SMILES string of the molecule is COCCC(C)C(=O)COCc1ccccc1. The maximum Gasteiger partial charge on any atom is 0.161 e. The highest BCUT2D eigenvalue weighted by Crippen LogP contribution is 2.05. The van der Waals surface area contributed by atoms with Crippen molar-refractivity contribution in [3.63, 3.8) is 0 Å². The molecule has 0 amide bonds. The van der Waals surface area contributed by atoms with Gasteiger partial charge in [0.05, 0.1) is 6.61 Å². The molecule has 0 saturated carbocycles. The van der Waals surface area contributed by atoms with E-state index in [2.05, 4.69) is 0 Å². The highest BCUT2D eigenvalue weighted by molar-refractivity contribution is 5.81. The lowest BCUT2D eigenvalue weighted by atomic mass is 10.0. The van der Waals surface area contributed by atoms with Crippen molar-refractivity contribution in [3.8, 4) is 0 Å². The Bertz CT molecular complexity index is 321. The molecule has 17 heavy (non-hydrogen) atoms. The number of benzene rings is 1. The number of carbonyl (C=O) groups excluding carboxylic acids is 1. The molecule has 0 N–H and O–H groups in total. The Morgan fingerprint density at radius 1 is 1.29 bits per heavy atom. The minimum atomic E-state index is 0.00530. The van der Waals surface area contributed by atoms with E-state index in [-0.39, 0.29) is 18.3 Å². The molecule has 1 unspecified atom stereocenters. The van der Waals surface area contributed by atoms with Crippen LogP contribution in [0.3, 0.4) is 0 Å². The monoisotopic (exact) mass is 236 g/mol. The predicted molar refractivity (Wildman–Crippen MR) is 66.8 cm³/mol. The zero-order chi connectivity index (χ0) is 12.5. The van der Waals surface area contributed by atoms with Crippen LogP contribution in [0, 0.1) is 5.92 Å². The lowest BCUT2D eigenvalue weighted by Gasteiger charge is -2.10. The predicted octanol–water partition coefficient (Wildman–Crippen LogP) is 2.44. The van der Waals surface area contributed by atoms with E-state index in [1.54, 1.807) is 7.11 Å². The van der Waals surface area contributed by atoms with Crippen molar-refractivity contribution in [2.24, 2.45) is 5.92 Å². The fourth-order valence-corrected chi connectivity index (χ4v) is 1.44.